The summed E-state index contributed by atoms with van der Waals surface area (Å²) >= 11 is 1.52. The molecule has 0 fully saturated rings. The summed E-state index contributed by atoms with van der Waals surface area (Å²) in [4.78, 5) is 18.1. The SMILES string of the molecule is Cc1nc(C(=O)N(C)CCCCc2ccccc2)cs1. The molecule has 1 aromatic heterocycles. The first-order valence-corrected chi connectivity index (χ1v) is 7.76. The largest absolute Gasteiger partial charge is 0.340 e. The second-order valence-electron chi connectivity index (χ2n) is 4.92. The number of aromatic nitrogens is 1. The molecule has 0 aliphatic rings. The Balaban J connectivity index is 1.72. The first-order valence-electron chi connectivity index (χ1n) is 6.88. The van der Waals surface area contributed by atoms with E-state index >= 15 is 0 Å². The molecule has 106 valence electrons. The van der Waals surface area contributed by atoms with Gasteiger partial charge in [0, 0.05) is 19.0 Å². The van der Waals surface area contributed by atoms with Gasteiger partial charge in [-0.05, 0) is 31.7 Å². The Kier molecular flexibility index (Phi) is 5.30. The van der Waals surface area contributed by atoms with Crippen LogP contribution in [0, 0.1) is 6.92 Å². The van der Waals surface area contributed by atoms with Crippen molar-refractivity contribution in [3.8, 4) is 0 Å². The van der Waals surface area contributed by atoms with Crippen molar-refractivity contribution in [1.29, 1.82) is 0 Å². The van der Waals surface area contributed by atoms with Crippen molar-refractivity contribution in [2.45, 2.75) is 26.2 Å². The van der Waals surface area contributed by atoms with Crippen molar-refractivity contribution in [2.75, 3.05) is 13.6 Å². The maximum Gasteiger partial charge on any atom is 0.273 e. The molecule has 20 heavy (non-hydrogen) atoms. The van der Waals surface area contributed by atoms with E-state index in [0.29, 0.717) is 5.69 Å². The van der Waals surface area contributed by atoms with E-state index in [0.717, 1.165) is 30.8 Å². The number of benzene rings is 1. The van der Waals surface area contributed by atoms with Crippen LogP contribution in [0.1, 0.15) is 33.9 Å². The van der Waals surface area contributed by atoms with Crippen molar-refractivity contribution in [3.63, 3.8) is 0 Å². The fraction of sp³-hybridized carbons (Fsp3) is 0.375. The van der Waals surface area contributed by atoms with E-state index in [4.69, 9.17) is 0 Å². The van der Waals surface area contributed by atoms with Crippen LogP contribution in [0.2, 0.25) is 0 Å². The van der Waals surface area contributed by atoms with Gasteiger partial charge in [-0.3, -0.25) is 4.79 Å². The number of hydrogen-bond donors (Lipinski definition) is 0. The van der Waals surface area contributed by atoms with Gasteiger partial charge in [0.15, 0.2) is 0 Å². The number of carbonyl (C=O) groups is 1. The maximum absolute atomic E-state index is 12.1. The summed E-state index contributed by atoms with van der Waals surface area (Å²) in [6.07, 6.45) is 3.18. The number of nitrogens with zero attached hydrogens (tertiary/aromatic N) is 2. The molecule has 0 atom stereocenters. The van der Waals surface area contributed by atoms with Crippen LogP contribution < -0.4 is 0 Å². The Morgan fingerprint density at radius 3 is 2.65 bits per heavy atom. The molecule has 0 saturated carbocycles. The van der Waals surface area contributed by atoms with E-state index in [2.05, 4.69) is 29.2 Å². The molecule has 0 spiro atoms. The third kappa shape index (κ3) is 4.17. The number of amides is 1. The molecule has 0 unspecified atom stereocenters. The lowest BCUT2D eigenvalue weighted by atomic mass is 10.1. The zero-order valence-corrected chi connectivity index (χ0v) is 12.8. The minimum atomic E-state index is 0.0223. The first kappa shape index (κ1) is 14.7. The summed E-state index contributed by atoms with van der Waals surface area (Å²) in [7, 11) is 1.85. The highest BCUT2D eigenvalue weighted by molar-refractivity contribution is 7.09. The molecule has 0 aliphatic heterocycles. The van der Waals surface area contributed by atoms with E-state index in [1.165, 1.54) is 16.9 Å². The average Bonchev–Trinajstić information content (AvgIpc) is 2.90. The van der Waals surface area contributed by atoms with Crippen molar-refractivity contribution in [2.24, 2.45) is 0 Å². The highest BCUT2D eigenvalue weighted by Gasteiger charge is 2.13. The summed E-state index contributed by atoms with van der Waals surface area (Å²) in [6, 6.07) is 10.5. The number of unbranched alkanes of at least 4 members (excludes halogenated alkanes) is 1. The van der Waals surface area contributed by atoms with Gasteiger partial charge in [0.2, 0.25) is 0 Å². The van der Waals surface area contributed by atoms with Crippen LogP contribution in [-0.2, 0) is 6.42 Å². The molecular weight excluding hydrogens is 268 g/mol. The second-order valence-corrected chi connectivity index (χ2v) is 5.98. The summed E-state index contributed by atoms with van der Waals surface area (Å²) in [5.74, 6) is 0.0223. The van der Waals surface area contributed by atoms with Gasteiger partial charge in [-0.2, -0.15) is 0 Å². The quantitative estimate of drug-likeness (QED) is 0.762. The van der Waals surface area contributed by atoms with Gasteiger partial charge in [-0.1, -0.05) is 30.3 Å². The van der Waals surface area contributed by atoms with E-state index in [1.807, 2.05) is 25.4 Å². The van der Waals surface area contributed by atoms with Gasteiger partial charge in [0.1, 0.15) is 5.69 Å². The summed E-state index contributed by atoms with van der Waals surface area (Å²) in [5.41, 5.74) is 1.93. The summed E-state index contributed by atoms with van der Waals surface area (Å²) < 4.78 is 0. The molecular formula is C16H20N2OS. The zero-order valence-electron chi connectivity index (χ0n) is 12.0. The Bertz CT molecular complexity index is 551. The van der Waals surface area contributed by atoms with Crippen LogP contribution in [0.3, 0.4) is 0 Å². The van der Waals surface area contributed by atoms with Crippen LogP contribution in [0.25, 0.3) is 0 Å². The molecule has 0 radical (unpaired) electrons. The van der Waals surface area contributed by atoms with Crippen LogP contribution in [0.5, 0.6) is 0 Å². The fourth-order valence-corrected chi connectivity index (χ4v) is 2.67. The molecule has 0 saturated heterocycles. The summed E-state index contributed by atoms with van der Waals surface area (Å²) in [6.45, 7) is 2.70. The fourth-order valence-electron chi connectivity index (χ4n) is 2.08. The van der Waals surface area contributed by atoms with Crippen molar-refractivity contribution in [1.82, 2.24) is 9.88 Å². The van der Waals surface area contributed by atoms with Gasteiger partial charge < -0.3 is 4.90 Å². The predicted octanol–water partition coefficient (Wildman–Crippen LogP) is 3.55. The van der Waals surface area contributed by atoms with Gasteiger partial charge in [-0.15, -0.1) is 11.3 Å². The molecule has 1 heterocycles. The van der Waals surface area contributed by atoms with Crippen LogP contribution in [0.15, 0.2) is 35.7 Å². The van der Waals surface area contributed by atoms with E-state index in [9.17, 15) is 4.79 Å². The topological polar surface area (TPSA) is 33.2 Å². The normalized spacial score (nSPS) is 10.5. The monoisotopic (exact) mass is 288 g/mol. The molecule has 0 bridgehead atoms. The van der Waals surface area contributed by atoms with Gasteiger partial charge in [0.25, 0.3) is 5.91 Å². The summed E-state index contributed by atoms with van der Waals surface area (Å²) in [5, 5.41) is 2.77. The molecule has 1 aromatic carbocycles. The highest BCUT2D eigenvalue weighted by Crippen LogP contribution is 2.11. The van der Waals surface area contributed by atoms with Crippen LogP contribution in [-0.4, -0.2) is 29.4 Å². The number of carbonyl (C=O) groups excluding carboxylic acids is 1. The van der Waals surface area contributed by atoms with Gasteiger partial charge in [0.05, 0.1) is 5.01 Å². The van der Waals surface area contributed by atoms with E-state index < -0.39 is 0 Å². The van der Waals surface area contributed by atoms with Gasteiger partial charge in [-0.25, -0.2) is 4.98 Å². The van der Waals surface area contributed by atoms with E-state index in [1.54, 1.807) is 4.90 Å². The number of thiazole rings is 1. The zero-order chi connectivity index (χ0) is 14.4. The van der Waals surface area contributed by atoms with Crippen molar-refractivity contribution >= 4 is 17.2 Å². The minimum absolute atomic E-state index is 0.0223. The lowest BCUT2D eigenvalue weighted by Gasteiger charge is -2.15. The predicted molar refractivity (Wildman–Crippen MR) is 83.2 cm³/mol. The van der Waals surface area contributed by atoms with E-state index in [-0.39, 0.29) is 5.91 Å². The Labute approximate surface area is 124 Å². The Hall–Kier alpha value is -1.68. The lowest BCUT2D eigenvalue weighted by molar-refractivity contribution is 0.0787. The Morgan fingerprint density at radius 1 is 1.25 bits per heavy atom. The third-order valence-corrected chi connectivity index (χ3v) is 4.01. The lowest BCUT2D eigenvalue weighted by Crippen LogP contribution is -2.28. The number of hydrogen-bond acceptors (Lipinski definition) is 3. The smallest absolute Gasteiger partial charge is 0.273 e. The minimum Gasteiger partial charge on any atom is -0.340 e. The van der Waals surface area contributed by atoms with Gasteiger partial charge >= 0.3 is 0 Å². The molecule has 1 amide bonds. The molecule has 3 nitrogen and oxygen atoms in total. The third-order valence-electron chi connectivity index (χ3n) is 3.24. The molecule has 0 aliphatic carbocycles. The van der Waals surface area contributed by atoms with Crippen molar-refractivity contribution in [3.05, 3.63) is 52.0 Å². The molecule has 2 rings (SSSR count). The second kappa shape index (κ2) is 7.20. The molecule has 2 aromatic rings. The van der Waals surface area contributed by atoms with Crippen LogP contribution in [0.4, 0.5) is 0 Å². The average molecular weight is 288 g/mol. The first-order chi connectivity index (χ1) is 9.66. The highest BCUT2D eigenvalue weighted by atomic mass is 32.1. The standard InChI is InChI=1S/C16H20N2OS/c1-13-17-15(12-20-13)16(19)18(2)11-7-6-10-14-8-4-3-5-9-14/h3-5,8-9,12H,6-7,10-11H2,1-2H3. The molecule has 4 heteroatoms. The molecule has 0 N–H and O–H groups in total. The van der Waals surface area contributed by atoms with Crippen LogP contribution >= 0.6 is 11.3 Å². The van der Waals surface area contributed by atoms with Crippen molar-refractivity contribution < 1.29 is 4.79 Å². The number of rotatable bonds is 6. The maximum atomic E-state index is 12.1. The number of aryl methyl sites for hydroxylation is 2. The Morgan fingerprint density at radius 2 is 2.00 bits per heavy atom.